The minimum Gasteiger partial charge on any atom is -0.332 e. The van der Waals surface area contributed by atoms with Crippen molar-refractivity contribution in [3.63, 3.8) is 0 Å². The topological polar surface area (TPSA) is 70.1 Å². The number of rotatable bonds is 3. The van der Waals surface area contributed by atoms with Crippen LogP contribution < -0.4 is 5.73 Å². The van der Waals surface area contributed by atoms with E-state index in [0.29, 0.717) is 26.4 Å². The normalized spacial score (nSPS) is 21.8. The summed E-state index contributed by atoms with van der Waals surface area (Å²) < 4.78 is 29.4. The fraction of sp³-hybridized carbons (Fsp3) is 0.308. The molecule has 2 atom stereocenters. The first kappa shape index (κ1) is 21.7. The van der Waals surface area contributed by atoms with Crippen LogP contribution >= 0.6 is 11.3 Å². The monoisotopic (exact) mass is 463 g/mol. The summed E-state index contributed by atoms with van der Waals surface area (Å²) in [5, 5.41) is 9.07. The van der Waals surface area contributed by atoms with E-state index < -0.39 is 11.6 Å². The first-order valence-corrected chi connectivity index (χ1v) is 11.9. The van der Waals surface area contributed by atoms with E-state index in [0.717, 1.165) is 31.2 Å². The predicted molar refractivity (Wildman–Crippen MR) is 125 cm³/mol. The second kappa shape index (κ2) is 8.36. The lowest BCUT2D eigenvalue weighted by atomic mass is 9.97. The molecule has 2 aromatic carbocycles. The third-order valence-corrected chi connectivity index (χ3v) is 7.87. The zero-order chi connectivity index (χ0) is 23.3. The average molecular weight is 464 g/mol. The molecule has 33 heavy (non-hydrogen) atoms. The molecule has 2 aliphatic heterocycles. The van der Waals surface area contributed by atoms with Gasteiger partial charge in [-0.25, -0.2) is 8.78 Å². The Morgan fingerprint density at radius 3 is 2.42 bits per heavy atom. The molecule has 1 amide bonds. The van der Waals surface area contributed by atoms with Gasteiger partial charge in [-0.3, -0.25) is 4.79 Å². The highest BCUT2D eigenvalue weighted by Gasteiger charge is 2.43. The summed E-state index contributed by atoms with van der Waals surface area (Å²) >= 11 is 1.23. The highest BCUT2D eigenvalue weighted by atomic mass is 32.1. The van der Waals surface area contributed by atoms with Crippen LogP contribution in [0.2, 0.25) is 0 Å². The van der Waals surface area contributed by atoms with Gasteiger partial charge in [0.2, 0.25) is 0 Å². The van der Waals surface area contributed by atoms with Gasteiger partial charge in [0.25, 0.3) is 5.91 Å². The van der Waals surface area contributed by atoms with E-state index in [1.54, 1.807) is 18.2 Å². The lowest BCUT2D eigenvalue weighted by Crippen LogP contribution is -2.49. The number of nitrogens with two attached hydrogens (primary N) is 1. The Labute approximate surface area is 195 Å². The van der Waals surface area contributed by atoms with E-state index in [1.807, 2.05) is 24.0 Å². The van der Waals surface area contributed by atoms with Crippen molar-refractivity contribution in [2.75, 3.05) is 0 Å². The van der Waals surface area contributed by atoms with Crippen molar-refractivity contribution >= 4 is 17.2 Å². The molecule has 7 heteroatoms. The minimum absolute atomic E-state index is 0.0606. The number of benzene rings is 2. The lowest BCUT2D eigenvalue weighted by molar-refractivity contribution is 0.0580. The van der Waals surface area contributed by atoms with Crippen LogP contribution in [0.1, 0.15) is 46.5 Å². The van der Waals surface area contributed by atoms with Gasteiger partial charge in [0.15, 0.2) is 0 Å². The van der Waals surface area contributed by atoms with Gasteiger partial charge < -0.3 is 10.6 Å². The van der Waals surface area contributed by atoms with E-state index in [9.17, 15) is 13.6 Å². The molecule has 3 aromatic rings. The summed E-state index contributed by atoms with van der Waals surface area (Å²) in [6.45, 7) is 1.81. The molecule has 3 heterocycles. The molecule has 5 rings (SSSR count). The second-order valence-electron chi connectivity index (χ2n) is 8.97. The Morgan fingerprint density at radius 1 is 1.06 bits per heavy atom. The highest BCUT2D eigenvalue weighted by Crippen LogP contribution is 2.43. The van der Waals surface area contributed by atoms with Crippen LogP contribution in [0, 0.1) is 29.9 Å². The number of nitriles is 1. The maximum absolute atomic E-state index is 15.0. The van der Waals surface area contributed by atoms with Gasteiger partial charge in [0, 0.05) is 34.1 Å². The fourth-order valence-electron chi connectivity index (χ4n) is 5.17. The molecule has 0 radical (unpaired) electrons. The zero-order valence-electron chi connectivity index (χ0n) is 18.1. The molecule has 2 N–H and O–H groups in total. The van der Waals surface area contributed by atoms with Crippen LogP contribution in [-0.4, -0.2) is 28.9 Å². The lowest BCUT2D eigenvalue weighted by Gasteiger charge is -2.37. The van der Waals surface area contributed by atoms with Crippen LogP contribution in [0.25, 0.3) is 21.6 Å². The minimum atomic E-state index is -0.646. The van der Waals surface area contributed by atoms with Crippen molar-refractivity contribution in [1.29, 1.82) is 5.26 Å². The number of carbonyl (C=O) groups excluding carboxylic acids is 1. The zero-order valence-corrected chi connectivity index (χ0v) is 19.0. The van der Waals surface area contributed by atoms with Crippen molar-refractivity contribution in [2.45, 2.75) is 50.7 Å². The summed E-state index contributed by atoms with van der Waals surface area (Å²) in [5.74, 6) is -1.11. The van der Waals surface area contributed by atoms with Gasteiger partial charge in [0.1, 0.15) is 17.7 Å². The van der Waals surface area contributed by atoms with Crippen LogP contribution in [0.5, 0.6) is 0 Å². The van der Waals surface area contributed by atoms with Gasteiger partial charge in [0.05, 0.1) is 10.4 Å². The van der Waals surface area contributed by atoms with Crippen molar-refractivity contribution < 1.29 is 13.6 Å². The smallest absolute Gasteiger partial charge is 0.264 e. The quantitative estimate of drug-likeness (QED) is 0.547. The average Bonchev–Trinajstić information content (AvgIpc) is 3.33. The Balaban J connectivity index is 1.62. The maximum atomic E-state index is 15.0. The molecule has 0 aliphatic carbocycles. The Bertz CT molecular complexity index is 1280. The molecule has 0 saturated carbocycles. The number of thiophene rings is 1. The number of piperidine rings is 1. The van der Waals surface area contributed by atoms with E-state index in [2.05, 4.69) is 0 Å². The number of amides is 1. The maximum Gasteiger partial charge on any atom is 0.264 e. The van der Waals surface area contributed by atoms with Crippen LogP contribution in [0.15, 0.2) is 42.5 Å². The highest BCUT2D eigenvalue weighted by molar-refractivity contribution is 7.18. The third kappa shape index (κ3) is 3.84. The van der Waals surface area contributed by atoms with Crippen molar-refractivity contribution in [1.82, 2.24) is 4.90 Å². The van der Waals surface area contributed by atoms with Gasteiger partial charge >= 0.3 is 0 Å². The molecule has 1 aromatic heterocycles. The van der Waals surface area contributed by atoms with Gasteiger partial charge in [-0.05, 0) is 68.0 Å². The number of carbonyl (C=O) groups is 1. The van der Waals surface area contributed by atoms with Crippen LogP contribution in [0.4, 0.5) is 8.78 Å². The third-order valence-electron chi connectivity index (χ3n) is 6.72. The van der Waals surface area contributed by atoms with Crippen molar-refractivity contribution in [3.05, 3.63) is 70.1 Å². The summed E-state index contributed by atoms with van der Waals surface area (Å²) in [4.78, 5) is 16.6. The molecular formula is C26H23F2N3OS. The van der Waals surface area contributed by atoms with Crippen molar-refractivity contribution in [3.8, 4) is 27.6 Å². The predicted octanol–water partition coefficient (Wildman–Crippen LogP) is 5.63. The van der Waals surface area contributed by atoms with E-state index in [4.69, 9.17) is 11.0 Å². The number of hydrogen-bond acceptors (Lipinski definition) is 4. The molecule has 4 nitrogen and oxygen atoms in total. The molecule has 2 unspecified atom stereocenters. The SMILES string of the molecule is Cc1ccc(-c2sc(C(=O)N3C4CCC3CC(N)C4)cc2-c2ccc(C#N)c(F)c2)c(F)c1. The number of fused-ring (bicyclic) bond motifs is 2. The van der Waals surface area contributed by atoms with Gasteiger partial charge in [-0.15, -0.1) is 11.3 Å². The van der Waals surface area contributed by atoms with Gasteiger partial charge in [-0.2, -0.15) is 5.26 Å². The van der Waals surface area contributed by atoms with E-state index in [-0.39, 0.29) is 29.6 Å². The molecule has 0 spiro atoms. The first-order valence-electron chi connectivity index (χ1n) is 11.0. The Kier molecular flexibility index (Phi) is 5.51. The number of hydrogen-bond donors (Lipinski definition) is 1. The standard InChI is InChI=1S/C26H23F2N3OS/c1-14-2-7-20(23(28)8-14)25-21(15-3-4-16(13-29)22(27)9-15)12-24(33-25)26(32)31-18-5-6-19(31)11-17(30)10-18/h2-4,7-9,12,17-19H,5-6,10-11,30H2,1H3. The van der Waals surface area contributed by atoms with Crippen molar-refractivity contribution in [2.24, 2.45) is 5.73 Å². The molecule has 2 saturated heterocycles. The second-order valence-corrected chi connectivity index (χ2v) is 10.0. The summed E-state index contributed by atoms with van der Waals surface area (Å²) in [6, 6.07) is 13.2. The van der Waals surface area contributed by atoms with Crippen LogP contribution in [0.3, 0.4) is 0 Å². The fourth-order valence-corrected chi connectivity index (χ4v) is 6.32. The van der Waals surface area contributed by atoms with Gasteiger partial charge in [-0.1, -0.05) is 18.2 Å². The Morgan fingerprint density at radius 2 is 1.79 bits per heavy atom. The Hall–Kier alpha value is -3.08. The van der Waals surface area contributed by atoms with E-state index >= 15 is 0 Å². The molecule has 168 valence electrons. The molecular weight excluding hydrogens is 440 g/mol. The summed E-state index contributed by atoms with van der Waals surface area (Å²) in [5.41, 5.74) is 8.34. The number of aryl methyl sites for hydroxylation is 1. The number of halogens is 2. The largest absolute Gasteiger partial charge is 0.332 e. The molecule has 2 bridgehead atoms. The summed E-state index contributed by atoms with van der Waals surface area (Å²) in [6.07, 6.45) is 3.48. The van der Waals surface area contributed by atoms with Crippen LogP contribution in [-0.2, 0) is 0 Å². The van der Waals surface area contributed by atoms with E-state index in [1.165, 1.54) is 29.5 Å². The molecule has 2 aliphatic rings. The molecule has 2 fully saturated rings. The summed E-state index contributed by atoms with van der Waals surface area (Å²) in [7, 11) is 0. The number of nitrogens with zero attached hydrogens (tertiary/aromatic N) is 2. The first-order chi connectivity index (χ1) is 15.9.